The molecule has 0 aliphatic rings. The Morgan fingerprint density at radius 1 is 0.0536 bits per heavy atom. The normalized spacial score (nSPS) is 2.46. The molecule has 0 saturated carbocycles. The molecule has 0 aromatic rings. The Labute approximate surface area is 391 Å². The average molecular weight is 852 g/mol. The van der Waals surface area contributed by atoms with Gasteiger partial charge in [0.05, 0.1) is 0 Å². The van der Waals surface area contributed by atoms with Gasteiger partial charge in [0.1, 0.15) is 0 Å². The SMILES string of the molecule is C.C.C.C.C.C.C.C.C.C.CC.CC.CC.CC.CC.CC.CC.CC.CC.CC.CC.CC.CC.CC.CC.CC.CC.CC.CC.CC.CC.CC.CC. The highest BCUT2D eigenvalue weighted by atomic mass is 13.1. The van der Waals surface area contributed by atoms with Crippen molar-refractivity contribution in [3.8, 4) is 0 Å². The molecule has 0 saturated heterocycles. The highest BCUT2D eigenvalue weighted by molar-refractivity contribution is 3.55. The van der Waals surface area contributed by atoms with E-state index in [9.17, 15) is 0 Å². The van der Waals surface area contributed by atoms with Crippen molar-refractivity contribution < 1.29 is 0 Å². The van der Waals surface area contributed by atoms with E-state index in [2.05, 4.69) is 0 Å². The fourth-order valence-electron chi connectivity index (χ4n) is 0. The molecule has 0 heteroatoms. The van der Waals surface area contributed by atoms with Crippen molar-refractivity contribution >= 4 is 0 Å². The summed E-state index contributed by atoms with van der Waals surface area (Å²) in [4.78, 5) is 0. The molecule has 0 rings (SSSR count). The van der Waals surface area contributed by atoms with E-state index in [-0.39, 0.29) is 74.3 Å². The second-order valence-corrected chi connectivity index (χ2v) is 0. The minimum absolute atomic E-state index is 0. The van der Waals surface area contributed by atoms with Crippen LogP contribution in [0.5, 0.6) is 0 Å². The lowest BCUT2D eigenvalue weighted by Crippen LogP contribution is -0.856. The van der Waals surface area contributed by atoms with Crippen LogP contribution in [0.4, 0.5) is 0 Å². The second kappa shape index (κ2) is 0. The first kappa shape index (κ1) is 320. The number of hydrogen-bond donors (Lipinski definition) is 0. The third kappa shape index (κ3) is 0. The molecule has 0 heterocycles. The third-order valence-electron chi connectivity index (χ3n) is 0. The van der Waals surface area contributed by atoms with Gasteiger partial charge in [-0.3, -0.25) is 0 Å². The summed E-state index contributed by atoms with van der Waals surface area (Å²) in [6.07, 6.45) is 0. The molecule has 0 aliphatic heterocycles. The second-order valence-electron chi connectivity index (χ2n) is 0. The smallest absolute Gasteiger partial charge is 0.0683 e. The van der Waals surface area contributed by atoms with Crippen LogP contribution in [0.15, 0.2) is 0 Å². The van der Waals surface area contributed by atoms with E-state index in [1.807, 2.05) is 318 Å². The van der Waals surface area contributed by atoms with Gasteiger partial charge in [0, 0.05) is 0 Å². The highest BCUT2D eigenvalue weighted by Gasteiger charge is 0.976. The van der Waals surface area contributed by atoms with Crippen molar-refractivity contribution in [1.29, 1.82) is 0 Å². The van der Waals surface area contributed by atoms with Gasteiger partial charge in [-0.15, -0.1) is 0 Å². The van der Waals surface area contributed by atoms with E-state index in [4.69, 9.17) is 0 Å². The van der Waals surface area contributed by atoms with Crippen molar-refractivity contribution in [2.75, 3.05) is 0 Å². The topological polar surface area (TPSA) is 0 Å². The lowest BCUT2D eigenvalue weighted by molar-refractivity contribution is 1.50. The molecule has 0 fully saturated rings. The van der Waals surface area contributed by atoms with Crippen LogP contribution < -0.4 is 0 Å². The van der Waals surface area contributed by atoms with Crippen LogP contribution in [0.25, 0.3) is 0 Å². The van der Waals surface area contributed by atoms with Crippen LogP contribution in [-0.2, 0) is 0 Å². The molecule has 56 heavy (non-hydrogen) atoms. The molecule has 0 radical (unpaired) electrons. The summed E-state index contributed by atoms with van der Waals surface area (Å²) in [6.45, 7) is 92.0. The third-order valence-corrected chi connectivity index (χ3v) is 0. The van der Waals surface area contributed by atoms with E-state index < -0.39 is 0 Å². The number of rotatable bonds is 0. The maximum Gasteiger partial charge on any atom is -0.0683 e. The van der Waals surface area contributed by atoms with Gasteiger partial charge in [-0.1, -0.05) is 393 Å². The van der Waals surface area contributed by atoms with Crippen molar-refractivity contribution in [2.24, 2.45) is 0 Å². The Morgan fingerprint density at radius 3 is 0.0536 bits per heavy atom. The molecule has 0 unspecified atom stereocenters. The Balaban J connectivity index is -0.00000000316. The molecule has 0 N–H and O–H groups in total. The molecule has 0 amide bonds. The molecule has 0 aromatic carbocycles. The van der Waals surface area contributed by atoms with Gasteiger partial charge >= 0.3 is 0 Å². The maximum absolute atomic E-state index is 2.00. The van der Waals surface area contributed by atoms with E-state index >= 15 is 0 Å². The first-order valence-corrected chi connectivity index (χ1v) is 23.0. The molecule has 0 aromatic heterocycles. The fourth-order valence-corrected chi connectivity index (χ4v) is 0. The van der Waals surface area contributed by atoms with E-state index in [0.717, 1.165) is 0 Å². The lowest BCUT2D eigenvalue weighted by atomic mass is 11.0. The van der Waals surface area contributed by atoms with Crippen LogP contribution in [0.3, 0.4) is 0 Å². The van der Waals surface area contributed by atoms with Crippen molar-refractivity contribution in [3.63, 3.8) is 0 Å². The largest absolute Gasteiger partial charge is 0.0776 e. The van der Waals surface area contributed by atoms with Gasteiger partial charge in [0.2, 0.25) is 0 Å². The summed E-state index contributed by atoms with van der Waals surface area (Å²) in [7, 11) is 0. The quantitative estimate of drug-likeness (QED) is 0.228. The minimum atomic E-state index is 0. The van der Waals surface area contributed by atoms with E-state index in [0.29, 0.717) is 0 Å². The monoisotopic (exact) mass is 851 g/mol. The van der Waals surface area contributed by atoms with Gasteiger partial charge in [-0.25, -0.2) is 0 Å². The molecule has 0 nitrogen and oxygen atoms in total. The van der Waals surface area contributed by atoms with Gasteiger partial charge in [0.15, 0.2) is 0 Å². The van der Waals surface area contributed by atoms with Crippen molar-refractivity contribution in [1.82, 2.24) is 0 Å². The average Bonchev–Trinajstić information content (AvgIpc) is 3.31. The Kier molecular flexibility index (Phi) is 0. The molecule has 402 valence electrons. The standard InChI is InChI=1S/23C2H6.10CH4/c23*1-2;;;;;;;;;;/h23*1-2H3;10*1H4. The Bertz CT molecular complexity index is 0. The van der Waals surface area contributed by atoms with Gasteiger partial charge in [0.25, 0.3) is 0 Å². The Morgan fingerprint density at radius 2 is 0.0536 bits per heavy atom. The predicted molar refractivity (Wildman–Crippen MR) is 328 cm³/mol. The fraction of sp³-hybridized carbons (Fsp3) is 1.00. The summed E-state index contributed by atoms with van der Waals surface area (Å²) < 4.78 is 0. The first-order chi connectivity index (χ1) is 23.0. The molecule has 0 bridgehead atoms. The van der Waals surface area contributed by atoms with Gasteiger partial charge in [-0.05, 0) is 0 Å². The molecule has 0 spiro atoms. The van der Waals surface area contributed by atoms with Gasteiger partial charge < -0.3 is 0 Å². The van der Waals surface area contributed by atoms with Crippen molar-refractivity contribution in [3.05, 3.63) is 0 Å². The van der Waals surface area contributed by atoms with Crippen molar-refractivity contribution in [2.45, 2.75) is 393 Å². The number of hydrogen-bond acceptors (Lipinski definition) is 0. The molecular formula is C56H178. The van der Waals surface area contributed by atoms with Gasteiger partial charge in [-0.2, -0.15) is 0 Å². The Hall–Kier alpha value is 0. The zero-order chi connectivity index (χ0) is 46.0. The zero-order valence-electron chi connectivity index (χ0n) is 46.0. The summed E-state index contributed by atoms with van der Waals surface area (Å²) >= 11 is 0. The van der Waals surface area contributed by atoms with E-state index in [1.165, 1.54) is 0 Å². The maximum atomic E-state index is 2.00. The van der Waals surface area contributed by atoms with Crippen LogP contribution in [0.2, 0.25) is 0 Å². The van der Waals surface area contributed by atoms with E-state index in [1.54, 1.807) is 0 Å². The zero-order valence-corrected chi connectivity index (χ0v) is 46.0. The lowest BCUT2D eigenvalue weighted by Gasteiger charge is -1.07. The summed E-state index contributed by atoms with van der Waals surface area (Å²) in [5, 5.41) is 0. The summed E-state index contributed by atoms with van der Waals surface area (Å²) in [5.41, 5.74) is 0. The minimum Gasteiger partial charge on any atom is -0.0776 e. The molecule has 0 atom stereocenters. The van der Waals surface area contributed by atoms with Crippen LogP contribution in [-0.4, -0.2) is 0 Å². The van der Waals surface area contributed by atoms with Crippen LogP contribution >= 0.6 is 0 Å². The summed E-state index contributed by atoms with van der Waals surface area (Å²) in [5.74, 6) is 0. The predicted octanol–water partition coefficient (Wildman–Crippen LogP) is 30.0. The first-order valence-electron chi connectivity index (χ1n) is 23.0. The summed E-state index contributed by atoms with van der Waals surface area (Å²) in [6, 6.07) is 0. The van der Waals surface area contributed by atoms with Crippen LogP contribution in [0.1, 0.15) is 393 Å². The molecular weight excluding hydrogens is 673 g/mol. The highest BCUT2D eigenvalue weighted by Crippen LogP contribution is 1.19. The van der Waals surface area contributed by atoms with Crippen LogP contribution in [0, 0.1) is 0 Å². The molecule has 0 aliphatic carbocycles.